The maximum absolute atomic E-state index is 6.46. The molecule has 1 fully saturated rings. The third-order valence-electron chi connectivity index (χ3n) is 3.70. The van der Waals surface area contributed by atoms with E-state index in [9.17, 15) is 0 Å². The second-order valence-corrected chi connectivity index (χ2v) is 5.69. The molecule has 0 spiro atoms. The van der Waals surface area contributed by atoms with Crippen molar-refractivity contribution in [1.82, 2.24) is 0 Å². The van der Waals surface area contributed by atoms with Crippen molar-refractivity contribution in [3.05, 3.63) is 35.4 Å². The molecule has 1 aliphatic heterocycles. The molecule has 1 aliphatic rings. The molecule has 0 amide bonds. The summed E-state index contributed by atoms with van der Waals surface area (Å²) in [4.78, 5) is 0. The van der Waals surface area contributed by atoms with Crippen LogP contribution in [0.4, 0.5) is 0 Å². The summed E-state index contributed by atoms with van der Waals surface area (Å²) in [6.45, 7) is 1.69. The van der Waals surface area contributed by atoms with Gasteiger partial charge in [0.2, 0.25) is 0 Å². The molecule has 1 saturated heterocycles. The Hall–Kier alpha value is -0.570. The van der Waals surface area contributed by atoms with Crippen LogP contribution in [0.2, 0.25) is 0 Å². The van der Waals surface area contributed by atoms with Crippen molar-refractivity contribution in [2.24, 2.45) is 0 Å². The highest BCUT2D eigenvalue weighted by Gasteiger charge is 2.17. The summed E-state index contributed by atoms with van der Waals surface area (Å²) >= 11 is 6.46. The topological polar surface area (TPSA) is 18.5 Å². The van der Waals surface area contributed by atoms with Crippen LogP contribution >= 0.6 is 11.6 Å². The van der Waals surface area contributed by atoms with Crippen molar-refractivity contribution >= 4 is 11.6 Å². The van der Waals surface area contributed by atoms with Gasteiger partial charge in [-0.05, 0) is 43.2 Å². The Balaban J connectivity index is 1.79. The van der Waals surface area contributed by atoms with Crippen LogP contribution in [0.5, 0.6) is 0 Å². The monoisotopic (exact) mass is 282 g/mol. The third kappa shape index (κ3) is 4.79. The number of ether oxygens (including phenoxy) is 2. The van der Waals surface area contributed by atoms with Crippen molar-refractivity contribution in [3.63, 3.8) is 0 Å². The van der Waals surface area contributed by atoms with Gasteiger partial charge in [-0.15, -0.1) is 11.6 Å². The molecule has 0 aliphatic carbocycles. The summed E-state index contributed by atoms with van der Waals surface area (Å²) in [5, 5.41) is 0.0978. The smallest absolute Gasteiger partial charge is 0.0586 e. The Bertz CT molecular complexity index is 358. The lowest BCUT2D eigenvalue weighted by molar-refractivity contribution is 0.102. The molecule has 0 N–H and O–H groups in total. The average Bonchev–Trinajstić information content (AvgIpc) is 2.96. The number of hydrogen-bond donors (Lipinski definition) is 0. The van der Waals surface area contributed by atoms with Gasteiger partial charge in [0.1, 0.15) is 0 Å². The zero-order valence-corrected chi connectivity index (χ0v) is 12.4. The fraction of sp³-hybridized carbons (Fsp3) is 0.625. The summed E-state index contributed by atoms with van der Waals surface area (Å²) in [7, 11) is 1.73. The lowest BCUT2D eigenvalue weighted by Gasteiger charge is -2.14. The van der Waals surface area contributed by atoms with Gasteiger partial charge in [-0.1, -0.05) is 24.3 Å². The maximum atomic E-state index is 6.46. The fourth-order valence-corrected chi connectivity index (χ4v) is 2.76. The van der Waals surface area contributed by atoms with E-state index in [1.165, 1.54) is 24.0 Å². The van der Waals surface area contributed by atoms with Crippen molar-refractivity contribution in [2.45, 2.75) is 43.6 Å². The molecule has 0 radical (unpaired) electrons. The van der Waals surface area contributed by atoms with Gasteiger partial charge < -0.3 is 9.47 Å². The van der Waals surface area contributed by atoms with E-state index in [1.807, 2.05) is 0 Å². The molecule has 106 valence electrons. The van der Waals surface area contributed by atoms with Crippen LogP contribution in [0.1, 0.15) is 42.2 Å². The summed E-state index contributed by atoms with van der Waals surface area (Å²) in [5.41, 5.74) is 2.51. The van der Waals surface area contributed by atoms with Gasteiger partial charge in [-0.3, -0.25) is 0 Å². The van der Waals surface area contributed by atoms with Crippen molar-refractivity contribution in [2.75, 3.05) is 20.3 Å². The van der Waals surface area contributed by atoms with Crippen LogP contribution in [0.15, 0.2) is 24.3 Å². The van der Waals surface area contributed by atoms with E-state index < -0.39 is 0 Å². The SMILES string of the molecule is COCCc1ccc(C(Cl)CCC2CCCO2)cc1. The van der Waals surface area contributed by atoms with Gasteiger partial charge in [-0.2, -0.15) is 0 Å². The lowest BCUT2D eigenvalue weighted by atomic mass is 10.0. The highest BCUT2D eigenvalue weighted by Crippen LogP contribution is 2.29. The van der Waals surface area contributed by atoms with Crippen molar-refractivity contribution in [3.8, 4) is 0 Å². The first-order chi connectivity index (χ1) is 9.29. The van der Waals surface area contributed by atoms with E-state index in [-0.39, 0.29) is 5.38 Å². The number of methoxy groups -OCH3 is 1. The highest BCUT2D eigenvalue weighted by atomic mass is 35.5. The van der Waals surface area contributed by atoms with Gasteiger partial charge in [0.25, 0.3) is 0 Å². The quantitative estimate of drug-likeness (QED) is 0.701. The van der Waals surface area contributed by atoms with E-state index in [2.05, 4.69) is 24.3 Å². The number of halogens is 1. The minimum Gasteiger partial charge on any atom is -0.384 e. The first-order valence-electron chi connectivity index (χ1n) is 7.13. The second kappa shape index (κ2) is 7.88. The number of alkyl halides is 1. The van der Waals surface area contributed by atoms with E-state index in [0.717, 1.165) is 32.5 Å². The number of hydrogen-bond acceptors (Lipinski definition) is 2. The Morgan fingerprint density at radius 3 is 2.79 bits per heavy atom. The van der Waals surface area contributed by atoms with Crippen LogP contribution < -0.4 is 0 Å². The van der Waals surface area contributed by atoms with E-state index >= 15 is 0 Å². The van der Waals surface area contributed by atoms with Crippen LogP contribution in [-0.2, 0) is 15.9 Å². The molecule has 0 aromatic heterocycles. The second-order valence-electron chi connectivity index (χ2n) is 5.16. The van der Waals surface area contributed by atoms with E-state index in [4.69, 9.17) is 21.1 Å². The van der Waals surface area contributed by atoms with E-state index in [1.54, 1.807) is 7.11 Å². The molecule has 2 atom stereocenters. The van der Waals surface area contributed by atoms with Gasteiger partial charge >= 0.3 is 0 Å². The van der Waals surface area contributed by atoms with E-state index in [0.29, 0.717) is 6.10 Å². The molecule has 1 aromatic rings. The Morgan fingerprint density at radius 1 is 1.37 bits per heavy atom. The molecule has 2 nitrogen and oxygen atoms in total. The van der Waals surface area contributed by atoms with Crippen molar-refractivity contribution < 1.29 is 9.47 Å². The highest BCUT2D eigenvalue weighted by molar-refractivity contribution is 6.20. The molecule has 1 aromatic carbocycles. The molecule has 3 heteroatoms. The van der Waals surface area contributed by atoms with Gasteiger partial charge in [0.05, 0.1) is 18.1 Å². The van der Waals surface area contributed by atoms with Crippen LogP contribution in [-0.4, -0.2) is 26.4 Å². The van der Waals surface area contributed by atoms with Crippen LogP contribution in [0, 0.1) is 0 Å². The zero-order chi connectivity index (χ0) is 13.5. The Kier molecular flexibility index (Phi) is 6.15. The standard InChI is InChI=1S/C16H23ClO2/c1-18-12-10-13-4-6-14(7-5-13)16(17)9-8-15-3-2-11-19-15/h4-7,15-16H,2-3,8-12H2,1H3. The van der Waals surface area contributed by atoms with Gasteiger partial charge in [0, 0.05) is 13.7 Å². The molecule has 0 saturated carbocycles. The molecular weight excluding hydrogens is 260 g/mol. The fourth-order valence-electron chi connectivity index (χ4n) is 2.48. The minimum atomic E-state index is 0.0978. The molecule has 2 unspecified atom stereocenters. The lowest BCUT2D eigenvalue weighted by Crippen LogP contribution is -2.06. The molecule has 0 bridgehead atoms. The van der Waals surface area contributed by atoms with Crippen molar-refractivity contribution in [1.29, 1.82) is 0 Å². The minimum absolute atomic E-state index is 0.0978. The first kappa shape index (κ1) is 14.8. The Morgan fingerprint density at radius 2 is 2.16 bits per heavy atom. The van der Waals surface area contributed by atoms with Crippen LogP contribution in [0.25, 0.3) is 0 Å². The normalized spacial score (nSPS) is 20.6. The maximum Gasteiger partial charge on any atom is 0.0586 e. The predicted molar refractivity (Wildman–Crippen MR) is 78.8 cm³/mol. The number of benzene rings is 1. The summed E-state index contributed by atoms with van der Waals surface area (Å²) in [5.74, 6) is 0. The predicted octanol–water partition coefficient (Wildman–Crippen LogP) is 4.11. The zero-order valence-electron chi connectivity index (χ0n) is 11.6. The molecule has 1 heterocycles. The molecule has 19 heavy (non-hydrogen) atoms. The summed E-state index contributed by atoms with van der Waals surface area (Å²) in [6, 6.07) is 8.57. The van der Waals surface area contributed by atoms with Crippen LogP contribution in [0.3, 0.4) is 0 Å². The average molecular weight is 283 g/mol. The number of rotatable bonds is 7. The third-order valence-corrected chi connectivity index (χ3v) is 4.17. The van der Waals surface area contributed by atoms with Gasteiger partial charge in [-0.25, -0.2) is 0 Å². The largest absolute Gasteiger partial charge is 0.384 e. The van der Waals surface area contributed by atoms with Gasteiger partial charge in [0.15, 0.2) is 0 Å². The first-order valence-corrected chi connectivity index (χ1v) is 7.56. The summed E-state index contributed by atoms with van der Waals surface area (Å²) < 4.78 is 10.7. The Labute approximate surface area is 121 Å². The molecule has 2 rings (SSSR count). The molecular formula is C16H23ClO2. The summed E-state index contributed by atoms with van der Waals surface area (Å²) in [6.07, 6.45) is 5.84.